The Morgan fingerprint density at radius 2 is 1.39 bits per heavy atom. The first-order valence-electron chi connectivity index (χ1n) is 8.46. The van der Waals surface area contributed by atoms with E-state index < -0.39 is 0 Å². The molecule has 1 nitrogen and oxygen atoms in total. The van der Waals surface area contributed by atoms with Gasteiger partial charge in [-0.05, 0) is 74.5 Å². The van der Waals surface area contributed by atoms with Crippen LogP contribution in [-0.4, -0.2) is 10.7 Å². The molecule has 0 spiro atoms. The van der Waals surface area contributed by atoms with Crippen molar-refractivity contribution in [1.82, 2.24) is 0 Å². The molecule has 0 unspecified atom stereocenters. The summed E-state index contributed by atoms with van der Waals surface area (Å²) in [6.07, 6.45) is 15.1. The highest BCUT2D eigenvalue weighted by Crippen LogP contribution is 2.59. The number of rotatable bonds is 3. The van der Waals surface area contributed by atoms with Crippen molar-refractivity contribution in [2.45, 2.75) is 76.2 Å². The Bertz CT molecular complexity index is 288. The molecule has 0 heterocycles. The van der Waals surface area contributed by atoms with E-state index in [2.05, 4.69) is 0 Å². The molecule has 0 aliphatic heterocycles. The zero-order chi connectivity index (χ0) is 12.2. The van der Waals surface area contributed by atoms with Crippen LogP contribution in [0.5, 0.6) is 0 Å². The molecule has 5 aliphatic carbocycles. The normalized spacial score (nSPS) is 51.2. The van der Waals surface area contributed by atoms with Gasteiger partial charge in [-0.3, -0.25) is 0 Å². The highest BCUT2D eigenvalue weighted by molar-refractivity contribution is 5.06. The second-order valence-electron chi connectivity index (χ2n) is 7.98. The average Bonchev–Trinajstić information content (AvgIpc) is 2.86. The van der Waals surface area contributed by atoms with Gasteiger partial charge in [-0.25, -0.2) is 0 Å². The molecular weight excluding hydrogens is 220 g/mol. The Balaban J connectivity index is 1.45. The quantitative estimate of drug-likeness (QED) is 0.795. The maximum atomic E-state index is 11.2. The third kappa shape index (κ3) is 1.77. The van der Waals surface area contributed by atoms with Gasteiger partial charge in [0.25, 0.3) is 0 Å². The van der Waals surface area contributed by atoms with E-state index in [9.17, 15) is 5.11 Å². The molecular formula is C17H28O. The molecule has 18 heavy (non-hydrogen) atoms. The first-order chi connectivity index (χ1) is 8.74. The van der Waals surface area contributed by atoms with Crippen molar-refractivity contribution in [3.63, 3.8) is 0 Å². The largest absolute Gasteiger partial charge is 0.389 e. The van der Waals surface area contributed by atoms with Crippen molar-refractivity contribution >= 4 is 0 Å². The van der Waals surface area contributed by atoms with E-state index in [4.69, 9.17) is 0 Å². The topological polar surface area (TPSA) is 20.2 Å². The zero-order valence-electron chi connectivity index (χ0n) is 11.6. The van der Waals surface area contributed by atoms with Crippen molar-refractivity contribution in [1.29, 1.82) is 0 Å². The molecule has 0 aromatic rings. The molecule has 1 heteroatoms. The van der Waals surface area contributed by atoms with Gasteiger partial charge < -0.3 is 5.11 Å². The van der Waals surface area contributed by atoms with Crippen LogP contribution in [0.4, 0.5) is 0 Å². The first-order valence-corrected chi connectivity index (χ1v) is 8.46. The van der Waals surface area contributed by atoms with Gasteiger partial charge in [-0.15, -0.1) is 0 Å². The third-order valence-electron chi connectivity index (χ3n) is 6.98. The Morgan fingerprint density at radius 3 is 1.94 bits per heavy atom. The predicted octanol–water partition coefficient (Wildman–Crippen LogP) is 4.14. The second kappa shape index (κ2) is 4.23. The van der Waals surface area contributed by atoms with Gasteiger partial charge in [0.1, 0.15) is 0 Å². The summed E-state index contributed by atoms with van der Waals surface area (Å²) in [6.45, 7) is 0. The molecule has 102 valence electrons. The minimum absolute atomic E-state index is 0.240. The maximum absolute atomic E-state index is 11.2. The lowest BCUT2D eigenvalue weighted by molar-refractivity contribution is -0.177. The Morgan fingerprint density at radius 1 is 0.833 bits per heavy atom. The molecule has 5 saturated carbocycles. The van der Waals surface area contributed by atoms with Crippen LogP contribution in [0, 0.1) is 29.6 Å². The fourth-order valence-corrected chi connectivity index (χ4v) is 6.14. The van der Waals surface area contributed by atoms with E-state index in [0.717, 1.165) is 24.2 Å². The number of aliphatic hydroxyl groups is 1. The van der Waals surface area contributed by atoms with Gasteiger partial charge in [0.05, 0.1) is 5.60 Å². The molecule has 5 fully saturated rings. The molecule has 5 aliphatic rings. The lowest BCUT2D eigenvalue weighted by atomic mass is 9.49. The van der Waals surface area contributed by atoms with Crippen molar-refractivity contribution in [2.24, 2.45) is 29.6 Å². The lowest BCUT2D eigenvalue weighted by Crippen LogP contribution is -2.57. The Kier molecular flexibility index (Phi) is 2.76. The van der Waals surface area contributed by atoms with Crippen molar-refractivity contribution < 1.29 is 5.11 Å². The fourth-order valence-electron chi connectivity index (χ4n) is 6.14. The Labute approximate surface area is 111 Å². The summed E-state index contributed by atoms with van der Waals surface area (Å²) in [5.74, 6) is 4.27. The van der Waals surface area contributed by atoms with Crippen LogP contribution in [-0.2, 0) is 0 Å². The van der Waals surface area contributed by atoms with Crippen LogP contribution in [0.2, 0.25) is 0 Å². The summed E-state index contributed by atoms with van der Waals surface area (Å²) >= 11 is 0. The third-order valence-corrected chi connectivity index (χ3v) is 6.98. The fraction of sp³-hybridized carbons (Fsp3) is 1.00. The lowest BCUT2D eigenvalue weighted by Gasteiger charge is -2.59. The van der Waals surface area contributed by atoms with Crippen LogP contribution >= 0.6 is 0 Å². The average molecular weight is 248 g/mol. The van der Waals surface area contributed by atoms with Crippen molar-refractivity contribution in [2.75, 3.05) is 0 Å². The molecule has 4 bridgehead atoms. The smallest absolute Gasteiger partial charge is 0.0704 e. The van der Waals surface area contributed by atoms with Crippen LogP contribution < -0.4 is 0 Å². The van der Waals surface area contributed by atoms with E-state index >= 15 is 0 Å². The van der Waals surface area contributed by atoms with Gasteiger partial charge in [0.15, 0.2) is 0 Å². The first kappa shape index (κ1) is 11.8. The Hall–Kier alpha value is -0.0400. The molecule has 0 amide bonds. The van der Waals surface area contributed by atoms with Gasteiger partial charge in [-0.2, -0.15) is 0 Å². The molecule has 0 atom stereocenters. The van der Waals surface area contributed by atoms with Crippen molar-refractivity contribution in [3.8, 4) is 0 Å². The molecule has 0 saturated heterocycles. The van der Waals surface area contributed by atoms with E-state index in [1.165, 1.54) is 64.2 Å². The zero-order valence-corrected chi connectivity index (χ0v) is 11.6. The molecule has 1 N–H and O–H groups in total. The second-order valence-corrected chi connectivity index (χ2v) is 7.98. The molecule has 0 aromatic heterocycles. The SMILES string of the molecule is OC1(CCC2CCCC2)C2CC3CC(C2)CC1C3. The van der Waals surface area contributed by atoms with Crippen LogP contribution in [0.3, 0.4) is 0 Å². The standard InChI is InChI=1S/C17H28O/c18-17(6-5-12-3-1-2-4-12)15-8-13-7-14(10-15)11-16(17)9-13/h12-16,18H,1-11H2. The summed E-state index contributed by atoms with van der Waals surface area (Å²) in [5, 5.41) is 11.2. The summed E-state index contributed by atoms with van der Waals surface area (Å²) in [6, 6.07) is 0. The predicted molar refractivity (Wildman–Crippen MR) is 73.2 cm³/mol. The molecule has 0 radical (unpaired) electrons. The summed E-state index contributed by atoms with van der Waals surface area (Å²) in [4.78, 5) is 0. The van der Waals surface area contributed by atoms with Gasteiger partial charge in [0, 0.05) is 0 Å². The van der Waals surface area contributed by atoms with Crippen LogP contribution in [0.25, 0.3) is 0 Å². The van der Waals surface area contributed by atoms with Gasteiger partial charge in [-0.1, -0.05) is 25.7 Å². The van der Waals surface area contributed by atoms with E-state index in [1.807, 2.05) is 0 Å². The van der Waals surface area contributed by atoms with Crippen LogP contribution in [0.15, 0.2) is 0 Å². The molecule has 5 rings (SSSR count). The summed E-state index contributed by atoms with van der Waals surface area (Å²) in [7, 11) is 0. The minimum atomic E-state index is -0.240. The monoisotopic (exact) mass is 248 g/mol. The maximum Gasteiger partial charge on any atom is 0.0704 e. The summed E-state index contributed by atoms with van der Waals surface area (Å²) in [5.41, 5.74) is -0.240. The molecule has 0 aromatic carbocycles. The van der Waals surface area contributed by atoms with E-state index in [1.54, 1.807) is 0 Å². The number of hydrogen-bond donors (Lipinski definition) is 1. The highest BCUT2D eigenvalue weighted by Gasteiger charge is 2.56. The van der Waals surface area contributed by atoms with E-state index in [0.29, 0.717) is 11.8 Å². The summed E-state index contributed by atoms with van der Waals surface area (Å²) < 4.78 is 0. The van der Waals surface area contributed by atoms with Gasteiger partial charge >= 0.3 is 0 Å². The van der Waals surface area contributed by atoms with E-state index in [-0.39, 0.29) is 5.60 Å². The minimum Gasteiger partial charge on any atom is -0.389 e. The van der Waals surface area contributed by atoms with Gasteiger partial charge in [0.2, 0.25) is 0 Å². The van der Waals surface area contributed by atoms with Crippen LogP contribution in [0.1, 0.15) is 70.6 Å². The highest BCUT2D eigenvalue weighted by atomic mass is 16.3. The van der Waals surface area contributed by atoms with Crippen molar-refractivity contribution in [3.05, 3.63) is 0 Å². The number of hydrogen-bond acceptors (Lipinski definition) is 1.